The third-order valence-electron chi connectivity index (χ3n) is 12.0. The summed E-state index contributed by atoms with van der Waals surface area (Å²) in [5.74, 6) is 0. The Hall–Kier alpha value is -6.18. The predicted molar refractivity (Wildman–Crippen MR) is 225 cm³/mol. The van der Waals surface area contributed by atoms with Gasteiger partial charge in [-0.25, -0.2) is 0 Å². The normalized spacial score (nSPS) is 14.3. The highest BCUT2D eigenvalue weighted by Crippen LogP contribution is 2.54. The third-order valence-corrected chi connectivity index (χ3v) is 12.0. The molecule has 2 aliphatic carbocycles. The Labute approximate surface area is 312 Å². The maximum atomic E-state index is 2.44. The molecule has 10 rings (SSSR count). The molecule has 0 aromatic heterocycles. The molecule has 1 nitrogen and oxygen atoms in total. The van der Waals surface area contributed by atoms with Gasteiger partial charge in [0.25, 0.3) is 0 Å². The molecule has 0 fully saturated rings. The molecule has 0 spiro atoms. The lowest BCUT2D eigenvalue weighted by Crippen LogP contribution is -2.18. The maximum Gasteiger partial charge on any atom is 0.0465 e. The molecule has 0 saturated carbocycles. The number of para-hydroxylation sites is 1. The summed E-state index contributed by atoms with van der Waals surface area (Å²) in [4.78, 5) is 2.44. The van der Waals surface area contributed by atoms with Crippen molar-refractivity contribution in [3.05, 3.63) is 198 Å². The van der Waals surface area contributed by atoms with E-state index in [9.17, 15) is 0 Å². The fraction of sp³-hybridized carbons (Fsp3) is 0.115. The summed E-state index contributed by atoms with van der Waals surface area (Å²) in [5, 5.41) is 2.55. The van der Waals surface area contributed by atoms with Gasteiger partial charge in [0.15, 0.2) is 0 Å². The Kier molecular flexibility index (Phi) is 6.94. The zero-order chi connectivity index (χ0) is 35.9. The average Bonchev–Trinajstić information content (AvgIpc) is 3.56. The van der Waals surface area contributed by atoms with Gasteiger partial charge in [0, 0.05) is 27.9 Å². The smallest absolute Gasteiger partial charge is 0.0465 e. The van der Waals surface area contributed by atoms with E-state index in [1.807, 2.05) is 0 Å². The molecular formula is C52H41N. The minimum Gasteiger partial charge on any atom is -0.310 e. The first-order valence-electron chi connectivity index (χ1n) is 18.8. The summed E-state index contributed by atoms with van der Waals surface area (Å²) in [6.45, 7) is 9.53. The van der Waals surface area contributed by atoms with E-state index in [4.69, 9.17) is 0 Å². The Morgan fingerprint density at radius 3 is 1.28 bits per heavy atom. The zero-order valence-electron chi connectivity index (χ0n) is 30.7. The summed E-state index contributed by atoms with van der Waals surface area (Å²) in [6.07, 6.45) is 0. The highest BCUT2D eigenvalue weighted by molar-refractivity contribution is 5.91. The Balaban J connectivity index is 1.05. The van der Waals surface area contributed by atoms with Crippen molar-refractivity contribution in [1.82, 2.24) is 0 Å². The largest absolute Gasteiger partial charge is 0.310 e. The number of benzene rings is 8. The molecule has 254 valence electrons. The topological polar surface area (TPSA) is 3.24 Å². The van der Waals surface area contributed by atoms with Gasteiger partial charge in [-0.1, -0.05) is 149 Å². The number of nitrogens with zero attached hydrogens (tertiary/aromatic N) is 1. The maximum absolute atomic E-state index is 2.44. The van der Waals surface area contributed by atoms with Crippen LogP contribution in [0.3, 0.4) is 0 Å². The molecule has 0 aliphatic heterocycles. The van der Waals surface area contributed by atoms with E-state index in [1.54, 1.807) is 0 Å². The first-order valence-corrected chi connectivity index (χ1v) is 18.8. The number of hydrogen-bond donors (Lipinski definition) is 0. The van der Waals surface area contributed by atoms with E-state index in [2.05, 4.69) is 209 Å². The van der Waals surface area contributed by atoms with E-state index in [1.165, 1.54) is 88.9 Å². The summed E-state index contributed by atoms with van der Waals surface area (Å²) in [7, 11) is 0. The molecule has 0 bridgehead atoms. The molecule has 0 N–H and O–H groups in total. The van der Waals surface area contributed by atoms with E-state index >= 15 is 0 Å². The summed E-state index contributed by atoms with van der Waals surface area (Å²) < 4.78 is 0. The second kappa shape index (κ2) is 11.7. The van der Waals surface area contributed by atoms with Crippen LogP contribution < -0.4 is 4.90 Å². The Morgan fingerprint density at radius 2 is 0.717 bits per heavy atom. The molecule has 0 amide bonds. The lowest BCUT2D eigenvalue weighted by atomic mass is 9.81. The van der Waals surface area contributed by atoms with Crippen molar-refractivity contribution < 1.29 is 0 Å². The molecule has 0 unspecified atom stereocenters. The van der Waals surface area contributed by atoms with Crippen molar-refractivity contribution >= 4 is 27.8 Å². The monoisotopic (exact) mass is 679 g/mol. The van der Waals surface area contributed by atoms with E-state index in [0.29, 0.717) is 0 Å². The zero-order valence-corrected chi connectivity index (χ0v) is 30.7. The SMILES string of the molecule is CC1(C)c2cc(-c3ccccc3)ccc2-c2ccc(N(c3ccccc3)c3ccc4c(c3)C(C)(C)c3cc(-c5ccc6ccccc6c5)ccc3-4)cc21. The van der Waals surface area contributed by atoms with Crippen LogP contribution >= 0.6 is 0 Å². The van der Waals surface area contributed by atoms with Gasteiger partial charge < -0.3 is 4.90 Å². The lowest BCUT2D eigenvalue weighted by Gasteiger charge is -2.29. The number of fused-ring (bicyclic) bond motifs is 7. The van der Waals surface area contributed by atoms with Crippen molar-refractivity contribution in [2.24, 2.45) is 0 Å². The first-order chi connectivity index (χ1) is 25.8. The van der Waals surface area contributed by atoms with Crippen LogP contribution in [0.5, 0.6) is 0 Å². The van der Waals surface area contributed by atoms with Crippen molar-refractivity contribution in [3.8, 4) is 44.5 Å². The van der Waals surface area contributed by atoms with Crippen molar-refractivity contribution in [2.75, 3.05) is 4.90 Å². The van der Waals surface area contributed by atoms with Crippen LogP contribution in [0, 0.1) is 0 Å². The highest BCUT2D eigenvalue weighted by atomic mass is 15.1. The molecule has 2 aliphatic rings. The summed E-state index contributed by atoms with van der Waals surface area (Å²) in [6, 6.07) is 65.3. The van der Waals surface area contributed by atoms with Crippen LogP contribution in [0.4, 0.5) is 17.1 Å². The standard InChI is InChI=1S/C52H41N/c1-51(2)47-30-38(34-13-7-5-8-14-34)21-25-43(47)45-27-23-41(32-49(45)51)53(40-17-9-6-10-18-40)42-24-28-46-44-26-22-39(31-48(44)52(3,4)50(46)33-42)37-20-19-35-15-11-12-16-36(35)29-37/h5-33H,1-4H3. The number of hydrogen-bond acceptors (Lipinski definition) is 1. The highest BCUT2D eigenvalue weighted by Gasteiger charge is 2.38. The Bertz CT molecular complexity index is 2720. The quantitative estimate of drug-likeness (QED) is 0.175. The molecule has 0 heterocycles. The van der Waals surface area contributed by atoms with Gasteiger partial charge in [-0.05, 0) is 132 Å². The van der Waals surface area contributed by atoms with Crippen LogP contribution in [0.1, 0.15) is 49.9 Å². The van der Waals surface area contributed by atoms with Crippen LogP contribution in [-0.2, 0) is 10.8 Å². The van der Waals surface area contributed by atoms with E-state index in [0.717, 1.165) is 5.69 Å². The number of anilines is 3. The predicted octanol–water partition coefficient (Wildman–Crippen LogP) is 14.3. The second-order valence-corrected chi connectivity index (χ2v) is 15.8. The average molecular weight is 680 g/mol. The fourth-order valence-electron chi connectivity index (χ4n) is 9.11. The minimum atomic E-state index is -0.159. The summed E-state index contributed by atoms with van der Waals surface area (Å²) >= 11 is 0. The third kappa shape index (κ3) is 4.91. The van der Waals surface area contributed by atoms with E-state index in [-0.39, 0.29) is 10.8 Å². The molecule has 0 radical (unpaired) electrons. The van der Waals surface area contributed by atoms with Gasteiger partial charge in [-0.15, -0.1) is 0 Å². The van der Waals surface area contributed by atoms with Gasteiger partial charge >= 0.3 is 0 Å². The first kappa shape index (κ1) is 31.5. The molecule has 0 saturated heterocycles. The van der Waals surface area contributed by atoms with Crippen LogP contribution in [-0.4, -0.2) is 0 Å². The van der Waals surface area contributed by atoms with Crippen LogP contribution in [0.25, 0.3) is 55.3 Å². The van der Waals surface area contributed by atoms with Gasteiger partial charge in [0.1, 0.15) is 0 Å². The van der Waals surface area contributed by atoms with Gasteiger partial charge in [0.05, 0.1) is 0 Å². The molecule has 8 aromatic rings. The van der Waals surface area contributed by atoms with Crippen molar-refractivity contribution in [1.29, 1.82) is 0 Å². The van der Waals surface area contributed by atoms with Gasteiger partial charge in [-0.3, -0.25) is 0 Å². The van der Waals surface area contributed by atoms with Crippen molar-refractivity contribution in [3.63, 3.8) is 0 Å². The lowest BCUT2D eigenvalue weighted by molar-refractivity contribution is 0.660. The second-order valence-electron chi connectivity index (χ2n) is 15.8. The van der Waals surface area contributed by atoms with Crippen molar-refractivity contribution in [2.45, 2.75) is 38.5 Å². The molecule has 1 heteroatoms. The van der Waals surface area contributed by atoms with Crippen LogP contribution in [0.2, 0.25) is 0 Å². The van der Waals surface area contributed by atoms with Gasteiger partial charge in [0.2, 0.25) is 0 Å². The Morgan fingerprint density at radius 1 is 0.302 bits per heavy atom. The summed E-state index contributed by atoms with van der Waals surface area (Å²) in [5.41, 5.74) is 19.1. The molecular weight excluding hydrogens is 639 g/mol. The van der Waals surface area contributed by atoms with E-state index < -0.39 is 0 Å². The molecule has 8 aromatic carbocycles. The molecule has 0 atom stereocenters. The van der Waals surface area contributed by atoms with Gasteiger partial charge in [-0.2, -0.15) is 0 Å². The fourth-order valence-corrected chi connectivity index (χ4v) is 9.11. The minimum absolute atomic E-state index is 0.141. The molecule has 53 heavy (non-hydrogen) atoms. The number of rotatable bonds is 5. The van der Waals surface area contributed by atoms with Crippen LogP contribution in [0.15, 0.2) is 176 Å².